The number of hydrogen-bond acceptors (Lipinski definition) is 2. The first-order valence-corrected chi connectivity index (χ1v) is 7.03. The van der Waals surface area contributed by atoms with E-state index in [2.05, 4.69) is 13.0 Å². The van der Waals surface area contributed by atoms with Crippen LogP contribution in [0, 0.1) is 0 Å². The highest BCUT2D eigenvalue weighted by Gasteiger charge is 2.16. The summed E-state index contributed by atoms with van der Waals surface area (Å²) in [7, 11) is 0. The third-order valence-electron chi connectivity index (χ3n) is 3.67. The van der Waals surface area contributed by atoms with Crippen molar-refractivity contribution in [3.05, 3.63) is 41.5 Å². The third-order valence-corrected chi connectivity index (χ3v) is 3.67. The number of nitrogen functional groups attached to an aromatic ring is 1. The Labute approximate surface area is 115 Å². The SMILES string of the molecule is CC/C1=C/CCCN(C(=O)c2ccc(N)cc2)CC1. The number of allylic oxidation sites excluding steroid dienone is 1. The zero-order chi connectivity index (χ0) is 13.7. The lowest BCUT2D eigenvalue weighted by atomic mass is 10.0. The van der Waals surface area contributed by atoms with E-state index in [1.807, 2.05) is 17.0 Å². The van der Waals surface area contributed by atoms with Crippen LogP contribution in [0.15, 0.2) is 35.9 Å². The standard InChI is InChI=1S/C16H22N2O/c1-2-13-5-3-4-11-18(12-10-13)16(19)14-6-8-15(17)9-7-14/h5-9H,2-4,10-12,17H2,1H3/b13-5-. The number of hydrogen-bond donors (Lipinski definition) is 1. The summed E-state index contributed by atoms with van der Waals surface area (Å²) in [5.41, 5.74) is 8.55. The Balaban J connectivity index is 2.06. The molecule has 2 N–H and O–H groups in total. The van der Waals surface area contributed by atoms with E-state index >= 15 is 0 Å². The van der Waals surface area contributed by atoms with Crippen LogP contribution in [0.2, 0.25) is 0 Å². The highest BCUT2D eigenvalue weighted by Crippen LogP contribution is 2.16. The minimum atomic E-state index is 0.123. The molecule has 1 heterocycles. The maximum Gasteiger partial charge on any atom is 0.253 e. The highest BCUT2D eigenvalue weighted by molar-refractivity contribution is 5.94. The van der Waals surface area contributed by atoms with Crippen molar-refractivity contribution in [2.75, 3.05) is 18.8 Å². The summed E-state index contributed by atoms with van der Waals surface area (Å²) in [6.07, 6.45) is 6.55. The van der Waals surface area contributed by atoms with Gasteiger partial charge in [-0.2, -0.15) is 0 Å². The smallest absolute Gasteiger partial charge is 0.253 e. The van der Waals surface area contributed by atoms with Crippen molar-refractivity contribution in [1.82, 2.24) is 4.90 Å². The number of nitrogens with zero attached hydrogens (tertiary/aromatic N) is 1. The average Bonchev–Trinajstić information content (AvgIpc) is 2.39. The van der Waals surface area contributed by atoms with Crippen molar-refractivity contribution in [2.24, 2.45) is 0 Å². The van der Waals surface area contributed by atoms with Crippen LogP contribution >= 0.6 is 0 Å². The van der Waals surface area contributed by atoms with Gasteiger partial charge in [-0.1, -0.05) is 18.6 Å². The molecule has 19 heavy (non-hydrogen) atoms. The Morgan fingerprint density at radius 3 is 2.68 bits per heavy atom. The molecule has 1 aromatic carbocycles. The normalized spacial score (nSPS) is 19.2. The summed E-state index contributed by atoms with van der Waals surface area (Å²) in [4.78, 5) is 14.4. The summed E-state index contributed by atoms with van der Waals surface area (Å²) >= 11 is 0. The lowest BCUT2D eigenvalue weighted by molar-refractivity contribution is 0.0753. The molecule has 1 aromatic rings. The number of benzene rings is 1. The molecule has 0 atom stereocenters. The Morgan fingerprint density at radius 2 is 2.00 bits per heavy atom. The largest absolute Gasteiger partial charge is 0.399 e. The molecule has 1 aliphatic rings. The zero-order valence-electron chi connectivity index (χ0n) is 11.6. The first-order chi connectivity index (χ1) is 9.20. The molecule has 0 radical (unpaired) electrons. The third kappa shape index (κ3) is 3.60. The van der Waals surface area contributed by atoms with E-state index in [9.17, 15) is 4.79 Å². The fraction of sp³-hybridized carbons (Fsp3) is 0.438. The average molecular weight is 258 g/mol. The van der Waals surface area contributed by atoms with E-state index in [0.717, 1.165) is 44.3 Å². The Kier molecular flexibility index (Phi) is 4.61. The van der Waals surface area contributed by atoms with Gasteiger partial charge in [-0.05, 0) is 49.9 Å². The van der Waals surface area contributed by atoms with Gasteiger partial charge in [0, 0.05) is 24.3 Å². The van der Waals surface area contributed by atoms with Crippen molar-refractivity contribution in [3.8, 4) is 0 Å². The second kappa shape index (κ2) is 6.41. The van der Waals surface area contributed by atoms with E-state index in [1.165, 1.54) is 5.57 Å². The molecule has 0 aliphatic carbocycles. The fourth-order valence-corrected chi connectivity index (χ4v) is 2.41. The monoisotopic (exact) mass is 258 g/mol. The van der Waals surface area contributed by atoms with Crippen molar-refractivity contribution < 1.29 is 4.79 Å². The topological polar surface area (TPSA) is 46.3 Å². The van der Waals surface area contributed by atoms with Gasteiger partial charge in [-0.25, -0.2) is 0 Å². The van der Waals surface area contributed by atoms with Crippen molar-refractivity contribution >= 4 is 11.6 Å². The van der Waals surface area contributed by atoms with Crippen LogP contribution in [0.5, 0.6) is 0 Å². The quantitative estimate of drug-likeness (QED) is 0.654. The van der Waals surface area contributed by atoms with Gasteiger partial charge in [0.2, 0.25) is 0 Å². The first-order valence-electron chi connectivity index (χ1n) is 7.03. The van der Waals surface area contributed by atoms with Crippen LogP contribution < -0.4 is 5.73 Å². The first kappa shape index (κ1) is 13.7. The molecule has 0 unspecified atom stereocenters. The molecule has 0 saturated carbocycles. The van der Waals surface area contributed by atoms with Crippen molar-refractivity contribution in [3.63, 3.8) is 0 Å². The van der Waals surface area contributed by atoms with Gasteiger partial charge in [-0.3, -0.25) is 4.79 Å². The second-order valence-corrected chi connectivity index (χ2v) is 5.02. The van der Waals surface area contributed by atoms with E-state index in [0.29, 0.717) is 5.69 Å². The van der Waals surface area contributed by atoms with Gasteiger partial charge in [0.15, 0.2) is 0 Å². The van der Waals surface area contributed by atoms with E-state index in [-0.39, 0.29) is 5.91 Å². The molecule has 2 rings (SSSR count). The molecule has 0 spiro atoms. The molecule has 1 aliphatic heterocycles. The predicted molar refractivity (Wildman–Crippen MR) is 79.0 cm³/mol. The summed E-state index contributed by atoms with van der Waals surface area (Å²) in [6.45, 7) is 3.85. The van der Waals surface area contributed by atoms with Crippen LogP contribution in [-0.4, -0.2) is 23.9 Å². The highest BCUT2D eigenvalue weighted by atomic mass is 16.2. The molecule has 1 amide bonds. The van der Waals surface area contributed by atoms with Crippen LogP contribution in [0.1, 0.15) is 43.0 Å². The van der Waals surface area contributed by atoms with Gasteiger partial charge in [0.05, 0.1) is 0 Å². The number of carbonyl (C=O) groups excluding carboxylic acids is 1. The van der Waals surface area contributed by atoms with E-state index in [1.54, 1.807) is 12.1 Å². The summed E-state index contributed by atoms with van der Waals surface area (Å²) in [6, 6.07) is 7.20. The molecule has 0 saturated heterocycles. The lowest BCUT2D eigenvalue weighted by Gasteiger charge is -2.25. The molecule has 0 fully saturated rings. The lowest BCUT2D eigenvalue weighted by Crippen LogP contribution is -2.33. The van der Waals surface area contributed by atoms with Gasteiger partial charge < -0.3 is 10.6 Å². The molecular formula is C16H22N2O. The fourth-order valence-electron chi connectivity index (χ4n) is 2.41. The molecule has 0 bridgehead atoms. The predicted octanol–water partition coefficient (Wildman–Crippen LogP) is 3.23. The summed E-state index contributed by atoms with van der Waals surface area (Å²) in [5.74, 6) is 0.123. The summed E-state index contributed by atoms with van der Waals surface area (Å²) in [5, 5.41) is 0. The maximum absolute atomic E-state index is 12.4. The van der Waals surface area contributed by atoms with Gasteiger partial charge in [0.25, 0.3) is 5.91 Å². The maximum atomic E-state index is 12.4. The Morgan fingerprint density at radius 1 is 1.26 bits per heavy atom. The molecule has 3 heteroatoms. The van der Waals surface area contributed by atoms with Crippen molar-refractivity contribution in [1.29, 1.82) is 0 Å². The molecule has 0 aromatic heterocycles. The van der Waals surface area contributed by atoms with Crippen LogP contribution in [0.25, 0.3) is 0 Å². The number of rotatable bonds is 2. The molecule has 102 valence electrons. The number of carbonyl (C=O) groups is 1. The molecular weight excluding hydrogens is 236 g/mol. The minimum absolute atomic E-state index is 0.123. The zero-order valence-corrected chi connectivity index (χ0v) is 11.6. The van der Waals surface area contributed by atoms with Gasteiger partial charge >= 0.3 is 0 Å². The van der Waals surface area contributed by atoms with Crippen LogP contribution in [-0.2, 0) is 0 Å². The van der Waals surface area contributed by atoms with Crippen LogP contribution in [0.3, 0.4) is 0 Å². The van der Waals surface area contributed by atoms with E-state index < -0.39 is 0 Å². The summed E-state index contributed by atoms with van der Waals surface area (Å²) < 4.78 is 0. The number of nitrogens with two attached hydrogens (primary N) is 1. The minimum Gasteiger partial charge on any atom is -0.399 e. The second-order valence-electron chi connectivity index (χ2n) is 5.02. The van der Waals surface area contributed by atoms with Gasteiger partial charge in [-0.15, -0.1) is 0 Å². The Hall–Kier alpha value is -1.77. The number of amides is 1. The molecule has 3 nitrogen and oxygen atoms in total. The van der Waals surface area contributed by atoms with Crippen LogP contribution in [0.4, 0.5) is 5.69 Å². The van der Waals surface area contributed by atoms with E-state index in [4.69, 9.17) is 5.73 Å². The van der Waals surface area contributed by atoms with Gasteiger partial charge in [0.1, 0.15) is 0 Å². The number of anilines is 1. The Bertz CT molecular complexity index is 462. The van der Waals surface area contributed by atoms with Crippen molar-refractivity contribution in [2.45, 2.75) is 32.6 Å².